The average Bonchev–Trinajstić information content (AvgIpc) is 3.55. The molecule has 4 heterocycles. The molecule has 0 bridgehead atoms. The molecule has 1 saturated heterocycles. The number of likely N-dealkylation sites (tertiary alicyclic amines) is 1. The van der Waals surface area contributed by atoms with E-state index in [0.29, 0.717) is 42.8 Å². The Morgan fingerprint density at radius 1 is 1.03 bits per heavy atom. The van der Waals surface area contributed by atoms with E-state index in [1.165, 1.54) is 12.1 Å². The second-order valence-electron chi connectivity index (χ2n) is 9.19. The number of oxazole rings is 1. The molecular formula is C28H26FN7O2. The molecule has 9 nitrogen and oxygen atoms in total. The Morgan fingerprint density at radius 3 is 2.61 bits per heavy atom. The molecule has 0 aliphatic carbocycles. The number of nitrogens with one attached hydrogen (secondary N) is 2. The third-order valence-corrected chi connectivity index (χ3v) is 6.68. The normalized spacial score (nSPS) is 14.1. The number of urea groups is 1. The largest absolute Gasteiger partial charge is 0.432 e. The van der Waals surface area contributed by atoms with Crippen LogP contribution in [0.4, 0.5) is 15.1 Å². The zero-order chi connectivity index (χ0) is 25.9. The number of rotatable bonds is 6. The smallest absolute Gasteiger partial charge is 0.317 e. The van der Waals surface area contributed by atoms with Gasteiger partial charge in [-0.05, 0) is 48.7 Å². The van der Waals surface area contributed by atoms with Gasteiger partial charge in [-0.1, -0.05) is 30.3 Å². The van der Waals surface area contributed by atoms with Gasteiger partial charge >= 0.3 is 11.9 Å². The van der Waals surface area contributed by atoms with E-state index in [1.807, 2.05) is 45.7 Å². The SMILES string of the molecule is O=C(NCc1ccccc1)N1CCC(Nc2nccc(-c3c(-c4ccc(F)cc4)nc4occn34)n2)CC1. The average molecular weight is 512 g/mol. The van der Waals surface area contributed by atoms with E-state index in [1.54, 1.807) is 30.8 Å². The molecular weight excluding hydrogens is 485 g/mol. The first-order valence-corrected chi connectivity index (χ1v) is 12.5. The number of anilines is 1. The molecule has 2 N–H and O–H groups in total. The van der Waals surface area contributed by atoms with E-state index in [9.17, 15) is 9.18 Å². The summed E-state index contributed by atoms with van der Waals surface area (Å²) in [4.78, 5) is 28.2. The highest BCUT2D eigenvalue weighted by Crippen LogP contribution is 2.32. The zero-order valence-electron chi connectivity index (χ0n) is 20.5. The van der Waals surface area contributed by atoms with Crippen molar-refractivity contribution in [2.75, 3.05) is 18.4 Å². The summed E-state index contributed by atoms with van der Waals surface area (Å²) in [5.74, 6) is 0.606. The van der Waals surface area contributed by atoms with Crippen molar-refractivity contribution in [3.8, 4) is 22.6 Å². The fourth-order valence-electron chi connectivity index (χ4n) is 4.69. The maximum atomic E-state index is 13.5. The molecule has 1 fully saturated rings. The summed E-state index contributed by atoms with van der Waals surface area (Å²) in [5.41, 5.74) is 3.86. The van der Waals surface area contributed by atoms with Crippen molar-refractivity contribution >= 4 is 17.8 Å². The van der Waals surface area contributed by atoms with Crippen LogP contribution in [0.5, 0.6) is 0 Å². The van der Waals surface area contributed by atoms with Gasteiger partial charge in [-0.3, -0.25) is 4.40 Å². The molecule has 192 valence electrons. The Labute approximate surface area is 218 Å². The zero-order valence-corrected chi connectivity index (χ0v) is 20.5. The van der Waals surface area contributed by atoms with Crippen molar-refractivity contribution in [2.24, 2.45) is 0 Å². The van der Waals surface area contributed by atoms with E-state index in [4.69, 9.17) is 9.40 Å². The standard InChI is InChI=1S/C28H26FN7O2/c29-21-8-6-20(7-9-21)24-25(36-16-17-38-28(36)34-24)23-10-13-30-26(33-23)32-22-11-14-35(15-12-22)27(37)31-18-19-4-2-1-3-5-19/h1-10,13,16-17,22H,11-12,14-15,18H2,(H,31,37)(H,30,32,33). The van der Waals surface area contributed by atoms with Crippen molar-refractivity contribution in [1.82, 2.24) is 29.6 Å². The molecule has 1 aliphatic rings. The third kappa shape index (κ3) is 4.93. The van der Waals surface area contributed by atoms with Crippen LogP contribution in [0.1, 0.15) is 18.4 Å². The number of hydrogen-bond acceptors (Lipinski definition) is 6. The lowest BCUT2D eigenvalue weighted by Gasteiger charge is -2.32. The molecule has 10 heteroatoms. The van der Waals surface area contributed by atoms with Gasteiger partial charge in [0.1, 0.15) is 23.5 Å². The van der Waals surface area contributed by atoms with Gasteiger partial charge < -0.3 is 20.0 Å². The van der Waals surface area contributed by atoms with Crippen LogP contribution in [0.2, 0.25) is 0 Å². The summed E-state index contributed by atoms with van der Waals surface area (Å²) in [5, 5.41) is 6.42. The van der Waals surface area contributed by atoms with Crippen LogP contribution in [0, 0.1) is 5.82 Å². The number of benzene rings is 2. The number of aromatic nitrogens is 4. The van der Waals surface area contributed by atoms with Crippen LogP contribution < -0.4 is 10.6 Å². The van der Waals surface area contributed by atoms with Crippen LogP contribution >= 0.6 is 0 Å². The Kier molecular flexibility index (Phi) is 6.43. The molecule has 2 amide bonds. The quantitative estimate of drug-likeness (QED) is 0.334. The molecule has 0 spiro atoms. The number of fused-ring (bicyclic) bond motifs is 1. The van der Waals surface area contributed by atoms with Gasteiger partial charge in [0.05, 0.1) is 5.69 Å². The van der Waals surface area contributed by atoms with E-state index in [-0.39, 0.29) is 17.9 Å². The number of amides is 2. The van der Waals surface area contributed by atoms with Gasteiger partial charge in [0, 0.05) is 43.6 Å². The van der Waals surface area contributed by atoms with Crippen molar-refractivity contribution in [1.29, 1.82) is 0 Å². The topological polar surface area (TPSA) is 101 Å². The lowest BCUT2D eigenvalue weighted by atomic mass is 10.1. The highest BCUT2D eigenvalue weighted by Gasteiger charge is 2.24. The fourth-order valence-corrected chi connectivity index (χ4v) is 4.69. The first-order valence-electron chi connectivity index (χ1n) is 12.5. The third-order valence-electron chi connectivity index (χ3n) is 6.68. The van der Waals surface area contributed by atoms with Gasteiger partial charge in [-0.15, -0.1) is 0 Å². The summed E-state index contributed by atoms with van der Waals surface area (Å²) in [6, 6.07) is 18.0. The Hall–Kier alpha value is -4.73. The lowest BCUT2D eigenvalue weighted by Crippen LogP contribution is -2.46. The second-order valence-corrected chi connectivity index (χ2v) is 9.19. The number of piperidine rings is 1. The van der Waals surface area contributed by atoms with E-state index in [2.05, 4.69) is 20.6 Å². The minimum atomic E-state index is -0.313. The molecule has 1 aliphatic heterocycles. The van der Waals surface area contributed by atoms with Gasteiger partial charge in [-0.25, -0.2) is 19.2 Å². The molecule has 0 saturated carbocycles. The Bertz CT molecular complexity index is 1540. The first kappa shape index (κ1) is 23.7. The van der Waals surface area contributed by atoms with Crippen molar-refractivity contribution in [3.05, 3.63) is 90.7 Å². The number of hydrogen-bond donors (Lipinski definition) is 2. The van der Waals surface area contributed by atoms with Crippen LogP contribution in [0.15, 0.2) is 83.7 Å². The number of carbonyl (C=O) groups excluding carboxylic acids is 1. The maximum absolute atomic E-state index is 13.5. The highest BCUT2D eigenvalue weighted by molar-refractivity contribution is 5.79. The maximum Gasteiger partial charge on any atom is 0.317 e. The summed E-state index contributed by atoms with van der Waals surface area (Å²) in [6.45, 7) is 1.80. The summed E-state index contributed by atoms with van der Waals surface area (Å²) < 4.78 is 20.9. The number of imidazole rings is 1. The second kappa shape index (κ2) is 10.3. The predicted molar refractivity (Wildman–Crippen MR) is 141 cm³/mol. The molecule has 0 radical (unpaired) electrons. The number of nitrogens with zero attached hydrogens (tertiary/aromatic N) is 5. The van der Waals surface area contributed by atoms with Crippen LogP contribution in [-0.4, -0.2) is 49.4 Å². The monoisotopic (exact) mass is 511 g/mol. The van der Waals surface area contributed by atoms with Gasteiger partial charge in [0.25, 0.3) is 0 Å². The minimum Gasteiger partial charge on any atom is -0.432 e. The number of carbonyl (C=O) groups is 1. The summed E-state index contributed by atoms with van der Waals surface area (Å²) >= 11 is 0. The van der Waals surface area contributed by atoms with Crippen LogP contribution in [0.3, 0.4) is 0 Å². The lowest BCUT2D eigenvalue weighted by molar-refractivity contribution is 0.183. The van der Waals surface area contributed by atoms with Crippen LogP contribution in [0.25, 0.3) is 28.5 Å². The molecule has 6 rings (SSSR count). The predicted octanol–water partition coefficient (Wildman–Crippen LogP) is 4.98. The highest BCUT2D eigenvalue weighted by atomic mass is 19.1. The van der Waals surface area contributed by atoms with Gasteiger partial charge in [0.15, 0.2) is 0 Å². The van der Waals surface area contributed by atoms with Gasteiger partial charge in [-0.2, -0.15) is 4.98 Å². The van der Waals surface area contributed by atoms with Crippen molar-refractivity contribution in [3.63, 3.8) is 0 Å². The molecule has 3 aromatic heterocycles. The Balaban J connectivity index is 1.13. The van der Waals surface area contributed by atoms with Crippen molar-refractivity contribution in [2.45, 2.75) is 25.4 Å². The van der Waals surface area contributed by atoms with E-state index >= 15 is 0 Å². The first-order chi connectivity index (χ1) is 18.6. The summed E-state index contributed by atoms with van der Waals surface area (Å²) in [7, 11) is 0. The minimum absolute atomic E-state index is 0.0521. The molecule has 0 atom stereocenters. The molecule has 5 aromatic rings. The van der Waals surface area contributed by atoms with E-state index in [0.717, 1.165) is 29.7 Å². The fraction of sp³-hybridized carbons (Fsp3) is 0.214. The van der Waals surface area contributed by atoms with Crippen LogP contribution in [-0.2, 0) is 6.54 Å². The summed E-state index contributed by atoms with van der Waals surface area (Å²) in [6.07, 6.45) is 6.60. The molecule has 0 unspecified atom stereocenters. The molecule has 38 heavy (non-hydrogen) atoms. The van der Waals surface area contributed by atoms with E-state index < -0.39 is 0 Å². The Morgan fingerprint density at radius 2 is 1.82 bits per heavy atom. The van der Waals surface area contributed by atoms with Gasteiger partial charge in [0.2, 0.25) is 5.95 Å². The molecule has 2 aromatic carbocycles. The number of halogens is 1. The van der Waals surface area contributed by atoms with Crippen molar-refractivity contribution < 1.29 is 13.6 Å².